The fourth-order valence-corrected chi connectivity index (χ4v) is 2.53. The first-order chi connectivity index (χ1) is 8.33. The molecule has 3 rings (SSSR count). The number of hydrogen-bond acceptors (Lipinski definition) is 4. The summed E-state index contributed by atoms with van der Waals surface area (Å²) in [5.74, 6) is 0.811. The molecule has 0 radical (unpaired) electrons. The third kappa shape index (κ3) is 2.28. The van der Waals surface area contributed by atoms with Crippen LogP contribution in [0.3, 0.4) is 0 Å². The minimum Gasteiger partial charge on any atom is -0.301 e. The summed E-state index contributed by atoms with van der Waals surface area (Å²) < 4.78 is 2.77. The Kier molecular flexibility index (Phi) is 2.98. The molecular formula is C11H14BrN5. The van der Waals surface area contributed by atoms with Crippen molar-refractivity contribution in [2.75, 3.05) is 18.5 Å². The van der Waals surface area contributed by atoms with Gasteiger partial charge in [0.25, 0.3) is 0 Å². The lowest BCUT2D eigenvalue weighted by atomic mass is 10.2. The number of nitrogens with zero attached hydrogens (tertiary/aromatic N) is 4. The topological polar surface area (TPSA) is 45.5 Å². The summed E-state index contributed by atoms with van der Waals surface area (Å²) in [6.45, 7) is 2.14. The van der Waals surface area contributed by atoms with E-state index in [2.05, 4.69) is 36.3 Å². The lowest BCUT2D eigenvalue weighted by molar-refractivity contribution is 0.272. The van der Waals surface area contributed by atoms with Gasteiger partial charge in [0.05, 0.1) is 0 Å². The highest BCUT2D eigenvalue weighted by molar-refractivity contribution is 9.10. The van der Waals surface area contributed by atoms with Crippen LogP contribution in [0.1, 0.15) is 19.3 Å². The van der Waals surface area contributed by atoms with Crippen molar-refractivity contribution in [1.82, 2.24) is 19.4 Å². The maximum Gasteiger partial charge on any atom is 0.185 e. The first-order valence-corrected chi connectivity index (χ1v) is 6.63. The molecule has 6 heteroatoms. The standard InChI is InChI=1S/C11H14BrN5/c12-9-8-16-7-4-13-11(16)10(14-9)15-17-5-2-1-3-6-17/h4,7-8H,1-3,5-6H2,(H,14,15). The van der Waals surface area contributed by atoms with E-state index >= 15 is 0 Å². The van der Waals surface area contributed by atoms with Gasteiger partial charge in [-0.05, 0) is 28.8 Å². The first-order valence-electron chi connectivity index (χ1n) is 5.84. The zero-order valence-corrected chi connectivity index (χ0v) is 11.0. The molecule has 90 valence electrons. The van der Waals surface area contributed by atoms with Crippen molar-refractivity contribution in [2.24, 2.45) is 0 Å². The molecular weight excluding hydrogens is 282 g/mol. The first kappa shape index (κ1) is 11.0. The Hall–Kier alpha value is -1.14. The quantitative estimate of drug-likeness (QED) is 0.923. The number of halogens is 1. The van der Waals surface area contributed by atoms with Crippen LogP contribution in [0.4, 0.5) is 5.82 Å². The zero-order valence-electron chi connectivity index (χ0n) is 9.43. The number of imidazole rings is 1. The predicted molar refractivity (Wildman–Crippen MR) is 69.7 cm³/mol. The number of rotatable bonds is 2. The molecule has 1 fully saturated rings. The third-order valence-electron chi connectivity index (χ3n) is 2.96. The average Bonchev–Trinajstić information content (AvgIpc) is 2.78. The van der Waals surface area contributed by atoms with Gasteiger partial charge in [0, 0.05) is 31.7 Å². The Labute approximate surface area is 108 Å². The molecule has 1 N–H and O–H groups in total. The number of fused-ring (bicyclic) bond motifs is 1. The van der Waals surface area contributed by atoms with Crippen LogP contribution in [0.25, 0.3) is 5.65 Å². The third-order valence-corrected chi connectivity index (χ3v) is 3.35. The van der Waals surface area contributed by atoms with Gasteiger partial charge in [-0.25, -0.2) is 15.0 Å². The van der Waals surface area contributed by atoms with E-state index in [9.17, 15) is 0 Å². The Balaban J connectivity index is 1.90. The second-order valence-electron chi connectivity index (χ2n) is 4.23. The highest BCUT2D eigenvalue weighted by atomic mass is 79.9. The molecule has 1 aliphatic rings. The largest absolute Gasteiger partial charge is 0.301 e. The molecule has 0 amide bonds. The second-order valence-corrected chi connectivity index (χ2v) is 5.04. The van der Waals surface area contributed by atoms with Crippen molar-refractivity contribution in [3.05, 3.63) is 23.2 Å². The van der Waals surface area contributed by atoms with Gasteiger partial charge in [-0.15, -0.1) is 0 Å². The molecule has 5 nitrogen and oxygen atoms in total. The monoisotopic (exact) mass is 295 g/mol. The van der Waals surface area contributed by atoms with Crippen molar-refractivity contribution in [3.63, 3.8) is 0 Å². The second kappa shape index (κ2) is 4.62. The van der Waals surface area contributed by atoms with E-state index in [1.165, 1.54) is 19.3 Å². The van der Waals surface area contributed by atoms with Gasteiger partial charge in [0.15, 0.2) is 11.5 Å². The number of piperidine rings is 1. The van der Waals surface area contributed by atoms with Crippen LogP contribution < -0.4 is 5.43 Å². The van der Waals surface area contributed by atoms with Crippen LogP contribution in [-0.4, -0.2) is 32.5 Å². The molecule has 1 saturated heterocycles. The summed E-state index contributed by atoms with van der Waals surface area (Å²) >= 11 is 3.41. The van der Waals surface area contributed by atoms with E-state index in [4.69, 9.17) is 0 Å². The van der Waals surface area contributed by atoms with Crippen molar-refractivity contribution in [2.45, 2.75) is 19.3 Å². The Morgan fingerprint density at radius 1 is 1.24 bits per heavy atom. The number of nitrogens with one attached hydrogen (secondary N) is 1. The molecule has 0 aromatic carbocycles. The summed E-state index contributed by atoms with van der Waals surface area (Å²) in [5, 5.41) is 2.22. The number of hydrogen-bond donors (Lipinski definition) is 1. The summed E-state index contributed by atoms with van der Waals surface area (Å²) in [4.78, 5) is 8.76. The van der Waals surface area contributed by atoms with Crippen molar-refractivity contribution in [1.29, 1.82) is 0 Å². The van der Waals surface area contributed by atoms with Gasteiger partial charge in [-0.3, -0.25) is 5.43 Å². The maximum absolute atomic E-state index is 4.45. The molecule has 17 heavy (non-hydrogen) atoms. The molecule has 0 spiro atoms. The molecule has 0 atom stereocenters. The van der Waals surface area contributed by atoms with Crippen LogP contribution in [0.2, 0.25) is 0 Å². The molecule has 0 unspecified atom stereocenters. The van der Waals surface area contributed by atoms with Crippen molar-refractivity contribution in [3.8, 4) is 0 Å². The average molecular weight is 296 g/mol. The van der Waals surface area contributed by atoms with Crippen LogP contribution in [0, 0.1) is 0 Å². The van der Waals surface area contributed by atoms with E-state index in [1.807, 2.05) is 16.8 Å². The van der Waals surface area contributed by atoms with E-state index in [0.717, 1.165) is 29.2 Å². The molecule has 0 bridgehead atoms. The van der Waals surface area contributed by atoms with Crippen molar-refractivity contribution < 1.29 is 0 Å². The van der Waals surface area contributed by atoms with E-state index in [0.29, 0.717) is 0 Å². The highest BCUT2D eigenvalue weighted by Crippen LogP contribution is 2.18. The van der Waals surface area contributed by atoms with Gasteiger partial charge < -0.3 is 4.40 Å². The van der Waals surface area contributed by atoms with Gasteiger partial charge in [0.1, 0.15) is 4.60 Å². The Morgan fingerprint density at radius 3 is 2.88 bits per heavy atom. The van der Waals surface area contributed by atoms with Gasteiger partial charge in [-0.2, -0.15) is 0 Å². The predicted octanol–water partition coefficient (Wildman–Crippen LogP) is 2.30. The molecule has 0 aliphatic carbocycles. The summed E-state index contributed by atoms with van der Waals surface area (Å²) in [7, 11) is 0. The van der Waals surface area contributed by atoms with Crippen LogP contribution in [-0.2, 0) is 0 Å². The molecule has 1 aliphatic heterocycles. The smallest absolute Gasteiger partial charge is 0.185 e. The normalized spacial score (nSPS) is 17.5. The molecule has 0 saturated carbocycles. The SMILES string of the molecule is Brc1cn2ccnc2c(NN2CCCCC2)n1. The van der Waals surface area contributed by atoms with Gasteiger partial charge in [0.2, 0.25) is 0 Å². The van der Waals surface area contributed by atoms with Gasteiger partial charge in [-0.1, -0.05) is 6.42 Å². The van der Waals surface area contributed by atoms with Crippen LogP contribution in [0.15, 0.2) is 23.2 Å². The molecule has 3 heterocycles. The lowest BCUT2D eigenvalue weighted by Crippen LogP contribution is -2.35. The highest BCUT2D eigenvalue weighted by Gasteiger charge is 2.13. The number of hydrazine groups is 1. The van der Waals surface area contributed by atoms with Crippen molar-refractivity contribution >= 4 is 27.4 Å². The minimum atomic E-state index is 0.808. The minimum absolute atomic E-state index is 0.808. The fraction of sp³-hybridized carbons (Fsp3) is 0.455. The summed E-state index contributed by atoms with van der Waals surface area (Å²) in [6, 6.07) is 0. The van der Waals surface area contributed by atoms with Crippen LogP contribution >= 0.6 is 15.9 Å². The van der Waals surface area contributed by atoms with Crippen LogP contribution in [0.5, 0.6) is 0 Å². The zero-order chi connectivity index (χ0) is 11.7. The maximum atomic E-state index is 4.45. The van der Waals surface area contributed by atoms with Gasteiger partial charge >= 0.3 is 0 Å². The molecule has 2 aromatic heterocycles. The Morgan fingerprint density at radius 2 is 2.06 bits per heavy atom. The lowest BCUT2D eigenvalue weighted by Gasteiger charge is -2.27. The Bertz CT molecular complexity index is 518. The summed E-state index contributed by atoms with van der Waals surface area (Å²) in [5.41, 5.74) is 4.22. The molecule has 2 aromatic rings. The van der Waals surface area contributed by atoms with E-state index in [-0.39, 0.29) is 0 Å². The number of aromatic nitrogens is 3. The number of anilines is 1. The van der Waals surface area contributed by atoms with E-state index < -0.39 is 0 Å². The fourth-order valence-electron chi connectivity index (χ4n) is 2.13. The summed E-state index contributed by atoms with van der Waals surface area (Å²) in [6.07, 6.45) is 9.41. The van der Waals surface area contributed by atoms with E-state index in [1.54, 1.807) is 6.20 Å².